The van der Waals surface area contributed by atoms with Crippen LogP contribution in [-0.4, -0.2) is 15.0 Å². The lowest BCUT2D eigenvalue weighted by Gasteiger charge is -2.08. The molecule has 0 unspecified atom stereocenters. The molecule has 0 aliphatic carbocycles. The molecule has 8 heteroatoms. The number of nitrogens with zero attached hydrogens (tertiary/aromatic N) is 3. The van der Waals surface area contributed by atoms with Gasteiger partial charge in [-0.25, -0.2) is 9.97 Å². The van der Waals surface area contributed by atoms with E-state index in [2.05, 4.69) is 25.6 Å². The van der Waals surface area contributed by atoms with Crippen molar-refractivity contribution in [2.45, 2.75) is 6.18 Å². The topological polar surface area (TPSA) is 50.7 Å². The molecule has 3 rings (SSSR count). The molecule has 22 heavy (non-hydrogen) atoms. The molecule has 0 aromatic carbocycles. The van der Waals surface area contributed by atoms with Crippen molar-refractivity contribution < 1.29 is 13.2 Å². The lowest BCUT2D eigenvalue weighted by molar-refractivity contribution is -0.137. The van der Waals surface area contributed by atoms with Gasteiger partial charge < -0.3 is 5.32 Å². The van der Waals surface area contributed by atoms with E-state index >= 15 is 0 Å². The molecule has 111 valence electrons. The highest BCUT2D eigenvalue weighted by Gasteiger charge is 2.30. The average molecular weight is 321 g/mol. The molecule has 4 nitrogen and oxygen atoms in total. The molecule has 3 heterocycles. The minimum absolute atomic E-state index is 0.0742. The van der Waals surface area contributed by atoms with Crippen LogP contribution in [0.15, 0.2) is 42.7 Å². The SMILES string of the molecule is FC(F)(F)c1ccnc(Nc2nc(-c3ccccn3)[c]s2)c1. The Hall–Kier alpha value is -2.48. The number of halogens is 3. The summed E-state index contributed by atoms with van der Waals surface area (Å²) < 4.78 is 37.9. The summed E-state index contributed by atoms with van der Waals surface area (Å²) in [4.78, 5) is 12.2. The van der Waals surface area contributed by atoms with E-state index in [-0.39, 0.29) is 5.82 Å². The van der Waals surface area contributed by atoms with Gasteiger partial charge in [0.25, 0.3) is 0 Å². The Morgan fingerprint density at radius 3 is 2.68 bits per heavy atom. The number of rotatable bonds is 3. The predicted octanol–water partition coefficient (Wildman–Crippen LogP) is 4.16. The van der Waals surface area contributed by atoms with Gasteiger partial charge in [0.2, 0.25) is 0 Å². The van der Waals surface area contributed by atoms with Gasteiger partial charge >= 0.3 is 6.18 Å². The van der Waals surface area contributed by atoms with Gasteiger partial charge in [0.15, 0.2) is 5.13 Å². The first-order chi connectivity index (χ1) is 10.5. The number of hydrogen-bond acceptors (Lipinski definition) is 5. The van der Waals surface area contributed by atoms with Gasteiger partial charge in [-0.05, 0) is 24.3 Å². The van der Waals surface area contributed by atoms with Crippen LogP contribution in [0.5, 0.6) is 0 Å². The highest BCUT2D eigenvalue weighted by atomic mass is 32.1. The Morgan fingerprint density at radius 2 is 1.95 bits per heavy atom. The Balaban J connectivity index is 1.81. The number of hydrogen-bond donors (Lipinski definition) is 1. The van der Waals surface area contributed by atoms with Gasteiger partial charge in [-0.3, -0.25) is 4.98 Å². The zero-order chi connectivity index (χ0) is 15.6. The first kappa shape index (κ1) is 14.5. The van der Waals surface area contributed by atoms with Crippen molar-refractivity contribution in [2.24, 2.45) is 0 Å². The zero-order valence-electron chi connectivity index (χ0n) is 10.9. The highest BCUT2D eigenvalue weighted by Crippen LogP contribution is 2.31. The summed E-state index contributed by atoms with van der Waals surface area (Å²) in [6.45, 7) is 0. The molecule has 0 fully saturated rings. The largest absolute Gasteiger partial charge is 0.416 e. The maximum atomic E-state index is 12.6. The summed E-state index contributed by atoms with van der Waals surface area (Å²) in [6, 6.07) is 7.22. The van der Waals surface area contributed by atoms with Crippen LogP contribution in [0.3, 0.4) is 0 Å². The van der Waals surface area contributed by atoms with Crippen LogP contribution < -0.4 is 5.32 Å². The monoisotopic (exact) mass is 321 g/mol. The second-order valence-corrected chi connectivity index (χ2v) is 5.03. The van der Waals surface area contributed by atoms with Crippen LogP contribution in [0, 0.1) is 5.38 Å². The molecule has 0 amide bonds. The Labute approximate surface area is 127 Å². The Morgan fingerprint density at radius 1 is 1.09 bits per heavy atom. The smallest absolute Gasteiger partial charge is 0.316 e. The molecule has 3 aromatic rings. The van der Waals surface area contributed by atoms with Gasteiger partial charge in [0.05, 0.1) is 16.6 Å². The summed E-state index contributed by atoms with van der Waals surface area (Å²) in [6.07, 6.45) is -1.68. The van der Waals surface area contributed by atoms with E-state index in [4.69, 9.17) is 0 Å². The molecule has 0 bridgehead atoms. The minimum Gasteiger partial charge on any atom is -0.316 e. The maximum absolute atomic E-state index is 12.6. The molecule has 0 aliphatic heterocycles. The lowest BCUT2D eigenvalue weighted by atomic mass is 10.2. The third kappa shape index (κ3) is 3.22. The number of anilines is 2. The van der Waals surface area contributed by atoms with E-state index < -0.39 is 11.7 Å². The van der Waals surface area contributed by atoms with Crippen molar-refractivity contribution in [2.75, 3.05) is 5.32 Å². The third-order valence-corrected chi connectivity index (χ3v) is 3.37. The molecule has 0 saturated carbocycles. The van der Waals surface area contributed by atoms with E-state index in [1.165, 1.54) is 0 Å². The standard InChI is InChI=1S/C14H8F3N4S/c15-14(16,17)9-4-6-19-12(7-9)21-13-20-11(8-22-13)10-3-1-2-5-18-10/h1-7H,(H,19,20,21). The molecule has 1 N–H and O–H groups in total. The average Bonchev–Trinajstić information content (AvgIpc) is 2.96. The summed E-state index contributed by atoms with van der Waals surface area (Å²) in [5, 5.41) is 6.08. The van der Waals surface area contributed by atoms with Crippen molar-refractivity contribution in [3.8, 4) is 11.4 Å². The van der Waals surface area contributed by atoms with E-state index in [0.29, 0.717) is 16.5 Å². The first-order valence-electron chi connectivity index (χ1n) is 6.12. The summed E-state index contributed by atoms with van der Waals surface area (Å²) in [5.41, 5.74) is 0.402. The first-order valence-corrected chi connectivity index (χ1v) is 6.94. The van der Waals surface area contributed by atoms with Crippen LogP contribution in [0.1, 0.15) is 5.56 Å². The maximum Gasteiger partial charge on any atom is 0.416 e. The van der Waals surface area contributed by atoms with Crippen molar-refractivity contribution in [3.63, 3.8) is 0 Å². The number of alkyl halides is 3. The third-order valence-electron chi connectivity index (χ3n) is 2.69. The normalized spacial score (nSPS) is 11.4. The number of thiazole rings is 1. The summed E-state index contributed by atoms with van der Waals surface area (Å²) in [5.74, 6) is 0.0742. The van der Waals surface area contributed by atoms with Crippen LogP contribution in [0.4, 0.5) is 24.1 Å². The zero-order valence-corrected chi connectivity index (χ0v) is 11.7. The number of nitrogens with one attached hydrogen (secondary N) is 1. The van der Waals surface area contributed by atoms with Gasteiger partial charge in [0.1, 0.15) is 11.5 Å². The van der Waals surface area contributed by atoms with Crippen LogP contribution in [0.2, 0.25) is 0 Å². The van der Waals surface area contributed by atoms with Gasteiger partial charge in [-0.15, -0.1) is 0 Å². The van der Waals surface area contributed by atoms with Crippen LogP contribution in [0.25, 0.3) is 11.4 Å². The molecule has 1 radical (unpaired) electrons. The Kier molecular flexibility index (Phi) is 3.76. The van der Waals surface area contributed by atoms with Crippen molar-refractivity contribution >= 4 is 22.3 Å². The Bertz CT molecular complexity index is 771. The second kappa shape index (κ2) is 5.72. The molecule has 0 spiro atoms. The lowest BCUT2D eigenvalue weighted by Crippen LogP contribution is -2.06. The van der Waals surface area contributed by atoms with Gasteiger partial charge in [0, 0.05) is 12.4 Å². The van der Waals surface area contributed by atoms with Crippen molar-refractivity contribution in [1.29, 1.82) is 0 Å². The van der Waals surface area contributed by atoms with Crippen molar-refractivity contribution in [1.82, 2.24) is 15.0 Å². The minimum atomic E-state index is -4.41. The van der Waals surface area contributed by atoms with Crippen LogP contribution >= 0.6 is 11.3 Å². The summed E-state index contributed by atoms with van der Waals surface area (Å²) in [7, 11) is 0. The second-order valence-electron chi connectivity index (χ2n) is 4.24. The molecular formula is C14H8F3N4S. The number of pyridine rings is 2. The summed E-state index contributed by atoms with van der Waals surface area (Å²) >= 11 is 1.14. The molecular weight excluding hydrogens is 313 g/mol. The fourth-order valence-electron chi connectivity index (χ4n) is 1.69. The van der Waals surface area contributed by atoms with E-state index in [9.17, 15) is 13.2 Å². The molecule has 3 aromatic heterocycles. The molecule has 0 aliphatic rings. The van der Waals surface area contributed by atoms with Crippen LogP contribution in [-0.2, 0) is 6.18 Å². The van der Waals surface area contributed by atoms with E-state index in [0.717, 1.165) is 29.7 Å². The quantitative estimate of drug-likeness (QED) is 0.787. The fourth-order valence-corrected chi connectivity index (χ4v) is 2.33. The highest BCUT2D eigenvalue weighted by molar-refractivity contribution is 7.13. The molecule has 0 atom stereocenters. The van der Waals surface area contributed by atoms with Gasteiger partial charge in [-0.1, -0.05) is 17.4 Å². The van der Waals surface area contributed by atoms with E-state index in [1.54, 1.807) is 18.3 Å². The molecule has 0 saturated heterocycles. The van der Waals surface area contributed by atoms with Gasteiger partial charge in [-0.2, -0.15) is 13.2 Å². The van der Waals surface area contributed by atoms with Crippen molar-refractivity contribution in [3.05, 3.63) is 53.7 Å². The predicted molar refractivity (Wildman–Crippen MR) is 76.7 cm³/mol. The fraction of sp³-hybridized carbons (Fsp3) is 0.0714. The van der Waals surface area contributed by atoms with E-state index in [1.807, 2.05) is 6.07 Å². The number of aromatic nitrogens is 3.